The van der Waals surface area contributed by atoms with Crippen molar-refractivity contribution in [1.82, 2.24) is 5.32 Å². The molecule has 3 nitrogen and oxygen atoms in total. The predicted octanol–water partition coefficient (Wildman–Crippen LogP) is 2.66. The third-order valence-corrected chi connectivity index (χ3v) is 3.51. The first kappa shape index (κ1) is 13.3. The Morgan fingerprint density at radius 1 is 1.50 bits per heavy atom. The molecule has 0 radical (unpaired) electrons. The molecule has 3 atom stereocenters. The molecule has 0 aromatic heterocycles. The Kier molecular flexibility index (Phi) is 4.19. The van der Waals surface area contributed by atoms with E-state index < -0.39 is 0 Å². The standard InChI is InChI=1S/C14H20FNO2/c1-9(16-14-6-7-18-10(14)2)12-5-4-11(17-3)8-13(12)15/h4-5,8-10,14,16H,6-7H2,1-3H3. The minimum absolute atomic E-state index is 0.0370. The first-order valence-corrected chi connectivity index (χ1v) is 6.33. The third-order valence-electron chi connectivity index (χ3n) is 3.51. The normalized spacial score (nSPS) is 25.1. The number of halogens is 1. The topological polar surface area (TPSA) is 30.5 Å². The Bertz CT molecular complexity index is 411. The highest BCUT2D eigenvalue weighted by atomic mass is 19.1. The quantitative estimate of drug-likeness (QED) is 0.895. The Hall–Kier alpha value is -1.13. The second kappa shape index (κ2) is 5.67. The van der Waals surface area contributed by atoms with Gasteiger partial charge in [0.25, 0.3) is 0 Å². The predicted molar refractivity (Wildman–Crippen MR) is 68.3 cm³/mol. The average Bonchev–Trinajstić information content (AvgIpc) is 2.74. The summed E-state index contributed by atoms with van der Waals surface area (Å²) in [7, 11) is 1.54. The summed E-state index contributed by atoms with van der Waals surface area (Å²) >= 11 is 0. The lowest BCUT2D eigenvalue weighted by atomic mass is 10.0. The van der Waals surface area contributed by atoms with Crippen molar-refractivity contribution in [3.63, 3.8) is 0 Å². The molecule has 1 fully saturated rings. The first-order chi connectivity index (χ1) is 8.61. The minimum atomic E-state index is -0.235. The van der Waals surface area contributed by atoms with Crippen LogP contribution in [0.25, 0.3) is 0 Å². The Balaban J connectivity index is 2.06. The van der Waals surface area contributed by atoms with E-state index in [0.717, 1.165) is 13.0 Å². The highest BCUT2D eigenvalue weighted by molar-refractivity contribution is 5.30. The van der Waals surface area contributed by atoms with E-state index in [4.69, 9.17) is 9.47 Å². The van der Waals surface area contributed by atoms with Crippen LogP contribution in [-0.4, -0.2) is 25.9 Å². The molecular weight excluding hydrogens is 233 g/mol. The van der Waals surface area contributed by atoms with Crippen molar-refractivity contribution >= 4 is 0 Å². The Labute approximate surface area is 107 Å². The molecule has 1 aliphatic heterocycles. The fourth-order valence-corrected chi connectivity index (χ4v) is 2.35. The molecule has 4 heteroatoms. The zero-order valence-corrected chi connectivity index (χ0v) is 11.1. The van der Waals surface area contributed by atoms with Gasteiger partial charge in [0.1, 0.15) is 11.6 Å². The summed E-state index contributed by atoms with van der Waals surface area (Å²) in [5, 5.41) is 3.42. The zero-order valence-electron chi connectivity index (χ0n) is 11.1. The van der Waals surface area contributed by atoms with Gasteiger partial charge in [-0.05, 0) is 26.3 Å². The lowest BCUT2D eigenvalue weighted by Crippen LogP contribution is -2.36. The van der Waals surface area contributed by atoms with Gasteiger partial charge in [0.2, 0.25) is 0 Å². The maximum absolute atomic E-state index is 13.9. The van der Waals surface area contributed by atoms with Gasteiger partial charge in [-0.25, -0.2) is 4.39 Å². The number of ether oxygens (including phenoxy) is 2. The lowest BCUT2D eigenvalue weighted by Gasteiger charge is -2.22. The lowest BCUT2D eigenvalue weighted by molar-refractivity contribution is 0.111. The summed E-state index contributed by atoms with van der Waals surface area (Å²) in [6.45, 7) is 4.79. The van der Waals surface area contributed by atoms with Crippen molar-refractivity contribution in [2.45, 2.75) is 38.5 Å². The van der Waals surface area contributed by atoms with E-state index >= 15 is 0 Å². The summed E-state index contributed by atoms with van der Waals surface area (Å²) in [6, 6.07) is 5.23. The molecule has 2 rings (SSSR count). The molecule has 100 valence electrons. The van der Waals surface area contributed by atoms with Crippen molar-refractivity contribution in [2.24, 2.45) is 0 Å². The largest absolute Gasteiger partial charge is 0.497 e. The molecule has 0 aliphatic carbocycles. The second-order valence-electron chi connectivity index (χ2n) is 4.75. The van der Waals surface area contributed by atoms with Crippen LogP contribution in [0.4, 0.5) is 4.39 Å². The van der Waals surface area contributed by atoms with Crippen LogP contribution in [0.1, 0.15) is 31.9 Å². The molecule has 0 spiro atoms. The van der Waals surface area contributed by atoms with Gasteiger partial charge in [-0.3, -0.25) is 0 Å². The van der Waals surface area contributed by atoms with E-state index in [1.165, 1.54) is 13.2 Å². The Morgan fingerprint density at radius 3 is 2.83 bits per heavy atom. The fourth-order valence-electron chi connectivity index (χ4n) is 2.35. The molecule has 1 aliphatic rings. The SMILES string of the molecule is COc1ccc(C(C)NC2CCOC2C)c(F)c1. The first-order valence-electron chi connectivity index (χ1n) is 6.33. The van der Waals surface area contributed by atoms with Gasteiger partial charge in [-0.1, -0.05) is 6.07 Å². The monoisotopic (exact) mass is 253 g/mol. The van der Waals surface area contributed by atoms with E-state index in [1.807, 2.05) is 13.8 Å². The van der Waals surface area contributed by atoms with Crippen molar-refractivity contribution in [1.29, 1.82) is 0 Å². The van der Waals surface area contributed by atoms with Crippen molar-refractivity contribution < 1.29 is 13.9 Å². The number of rotatable bonds is 4. The highest BCUT2D eigenvalue weighted by Crippen LogP contribution is 2.24. The number of hydrogen-bond acceptors (Lipinski definition) is 3. The summed E-state index contributed by atoms with van der Waals surface area (Å²) in [5.74, 6) is 0.307. The van der Waals surface area contributed by atoms with Crippen molar-refractivity contribution in [3.8, 4) is 5.75 Å². The second-order valence-corrected chi connectivity index (χ2v) is 4.75. The van der Waals surface area contributed by atoms with Crippen LogP contribution in [0, 0.1) is 5.82 Å². The summed E-state index contributed by atoms with van der Waals surface area (Å²) < 4.78 is 24.4. The number of methoxy groups -OCH3 is 1. The summed E-state index contributed by atoms with van der Waals surface area (Å²) in [6.07, 6.45) is 1.16. The van der Waals surface area contributed by atoms with E-state index in [-0.39, 0.29) is 18.0 Å². The van der Waals surface area contributed by atoms with Gasteiger partial charge >= 0.3 is 0 Å². The molecule has 18 heavy (non-hydrogen) atoms. The minimum Gasteiger partial charge on any atom is -0.497 e. The van der Waals surface area contributed by atoms with E-state index in [2.05, 4.69) is 5.32 Å². The molecule has 0 saturated carbocycles. The maximum Gasteiger partial charge on any atom is 0.131 e. The number of benzene rings is 1. The molecular formula is C14H20FNO2. The molecule has 3 unspecified atom stereocenters. The Morgan fingerprint density at radius 2 is 2.28 bits per heavy atom. The van der Waals surface area contributed by atoms with Crippen LogP contribution in [0.5, 0.6) is 5.75 Å². The van der Waals surface area contributed by atoms with Gasteiger partial charge in [-0.15, -0.1) is 0 Å². The number of hydrogen-bond donors (Lipinski definition) is 1. The van der Waals surface area contributed by atoms with E-state index in [0.29, 0.717) is 17.4 Å². The zero-order chi connectivity index (χ0) is 13.1. The van der Waals surface area contributed by atoms with Gasteiger partial charge in [0, 0.05) is 30.3 Å². The summed E-state index contributed by atoms with van der Waals surface area (Å²) in [4.78, 5) is 0. The van der Waals surface area contributed by atoms with Gasteiger partial charge < -0.3 is 14.8 Å². The van der Waals surface area contributed by atoms with E-state index in [1.54, 1.807) is 12.1 Å². The van der Waals surface area contributed by atoms with Gasteiger partial charge in [0.15, 0.2) is 0 Å². The van der Waals surface area contributed by atoms with Crippen LogP contribution < -0.4 is 10.1 Å². The average molecular weight is 253 g/mol. The van der Waals surface area contributed by atoms with Crippen molar-refractivity contribution in [3.05, 3.63) is 29.6 Å². The molecule has 1 heterocycles. The van der Waals surface area contributed by atoms with Crippen LogP contribution in [0.2, 0.25) is 0 Å². The molecule has 1 aromatic carbocycles. The molecule has 1 saturated heterocycles. The fraction of sp³-hybridized carbons (Fsp3) is 0.571. The van der Waals surface area contributed by atoms with Crippen LogP contribution in [0.3, 0.4) is 0 Å². The summed E-state index contributed by atoms with van der Waals surface area (Å²) in [5.41, 5.74) is 0.662. The third kappa shape index (κ3) is 2.82. The molecule has 0 amide bonds. The van der Waals surface area contributed by atoms with Gasteiger partial charge in [0.05, 0.1) is 13.2 Å². The van der Waals surface area contributed by atoms with Crippen LogP contribution >= 0.6 is 0 Å². The van der Waals surface area contributed by atoms with Crippen molar-refractivity contribution in [2.75, 3.05) is 13.7 Å². The smallest absolute Gasteiger partial charge is 0.131 e. The van der Waals surface area contributed by atoms with Crippen LogP contribution in [0.15, 0.2) is 18.2 Å². The van der Waals surface area contributed by atoms with Gasteiger partial charge in [-0.2, -0.15) is 0 Å². The molecule has 1 N–H and O–H groups in total. The van der Waals surface area contributed by atoms with Crippen LogP contribution in [-0.2, 0) is 4.74 Å². The molecule has 1 aromatic rings. The number of nitrogens with one attached hydrogen (secondary N) is 1. The van der Waals surface area contributed by atoms with E-state index in [9.17, 15) is 4.39 Å². The maximum atomic E-state index is 13.9. The molecule has 0 bridgehead atoms. The highest BCUT2D eigenvalue weighted by Gasteiger charge is 2.26.